The first-order valence-electron chi connectivity index (χ1n) is 7.68. The fraction of sp³-hybridized carbons (Fsp3) is 0.588. The largest absolute Gasteiger partial charge is 0.353 e. The minimum atomic E-state index is 0.114. The number of amides is 1. The average Bonchev–Trinajstić information content (AvgIpc) is 3.20. The van der Waals surface area contributed by atoms with Crippen molar-refractivity contribution < 1.29 is 4.79 Å². The van der Waals surface area contributed by atoms with Gasteiger partial charge in [-0.3, -0.25) is 4.79 Å². The zero-order valence-electron chi connectivity index (χ0n) is 12.4. The highest BCUT2D eigenvalue weighted by Crippen LogP contribution is 2.49. The lowest BCUT2D eigenvalue weighted by Crippen LogP contribution is -2.33. The summed E-state index contributed by atoms with van der Waals surface area (Å²) < 4.78 is 0. The molecule has 0 aromatic heterocycles. The van der Waals surface area contributed by atoms with Gasteiger partial charge in [0.25, 0.3) is 0 Å². The van der Waals surface area contributed by atoms with Crippen molar-refractivity contribution in [2.75, 3.05) is 0 Å². The average molecular weight is 294 g/mol. The summed E-state index contributed by atoms with van der Waals surface area (Å²) in [6.45, 7) is 4.29. The molecule has 1 aliphatic carbocycles. The summed E-state index contributed by atoms with van der Waals surface area (Å²) in [5.74, 6) is 0.619. The number of nitrogens with one attached hydrogen (secondary N) is 1. The second-order valence-electron chi connectivity index (χ2n) is 5.88. The molecule has 2 rings (SSSR count). The molecular weight excluding hydrogens is 270 g/mol. The van der Waals surface area contributed by atoms with Crippen molar-refractivity contribution in [3.63, 3.8) is 0 Å². The lowest BCUT2D eigenvalue weighted by Gasteiger charge is -2.13. The quantitative estimate of drug-likeness (QED) is 0.735. The number of hydrogen-bond acceptors (Lipinski definition) is 1. The van der Waals surface area contributed by atoms with Crippen LogP contribution in [0.25, 0.3) is 0 Å². The molecule has 0 heterocycles. The van der Waals surface area contributed by atoms with E-state index >= 15 is 0 Å². The molecule has 1 aromatic rings. The predicted octanol–water partition coefficient (Wildman–Crippen LogP) is 4.53. The van der Waals surface area contributed by atoms with E-state index in [1.165, 1.54) is 19.3 Å². The van der Waals surface area contributed by atoms with Gasteiger partial charge in [-0.2, -0.15) is 0 Å². The topological polar surface area (TPSA) is 29.1 Å². The molecule has 3 unspecified atom stereocenters. The van der Waals surface area contributed by atoms with Crippen molar-refractivity contribution in [1.29, 1.82) is 0 Å². The monoisotopic (exact) mass is 293 g/mol. The summed E-state index contributed by atoms with van der Waals surface area (Å²) in [4.78, 5) is 12.2. The van der Waals surface area contributed by atoms with Gasteiger partial charge < -0.3 is 5.32 Å². The molecule has 2 nitrogen and oxygen atoms in total. The summed E-state index contributed by atoms with van der Waals surface area (Å²) in [6.07, 6.45) is 5.65. The fourth-order valence-electron chi connectivity index (χ4n) is 2.73. The Balaban J connectivity index is 1.80. The number of benzene rings is 1. The smallest absolute Gasteiger partial charge is 0.223 e. The highest BCUT2D eigenvalue weighted by Gasteiger charge is 2.44. The van der Waals surface area contributed by atoms with Gasteiger partial charge in [-0.25, -0.2) is 0 Å². The zero-order chi connectivity index (χ0) is 14.5. The predicted molar refractivity (Wildman–Crippen MR) is 84.0 cm³/mol. The number of halogens is 1. The highest BCUT2D eigenvalue weighted by molar-refractivity contribution is 6.31. The van der Waals surface area contributed by atoms with Gasteiger partial charge >= 0.3 is 0 Å². The Hall–Kier alpha value is -1.02. The summed E-state index contributed by atoms with van der Waals surface area (Å²) >= 11 is 6.19. The van der Waals surface area contributed by atoms with Crippen LogP contribution in [0, 0.1) is 5.92 Å². The van der Waals surface area contributed by atoms with Crippen LogP contribution in [0.3, 0.4) is 0 Å². The van der Waals surface area contributed by atoms with Gasteiger partial charge in [0.05, 0.1) is 0 Å². The molecule has 0 spiro atoms. The number of carbonyl (C=O) groups excluding carboxylic acids is 1. The molecule has 1 aliphatic rings. The first-order chi connectivity index (χ1) is 9.63. The maximum Gasteiger partial charge on any atom is 0.223 e. The molecule has 110 valence electrons. The van der Waals surface area contributed by atoms with E-state index in [1.807, 2.05) is 24.3 Å². The Morgan fingerprint density at radius 1 is 1.40 bits per heavy atom. The van der Waals surface area contributed by atoms with E-state index in [0.717, 1.165) is 23.4 Å². The Bertz CT molecular complexity index is 460. The third kappa shape index (κ3) is 3.99. The van der Waals surface area contributed by atoms with Crippen LogP contribution < -0.4 is 5.32 Å². The molecule has 1 aromatic carbocycles. The van der Waals surface area contributed by atoms with E-state index in [9.17, 15) is 4.79 Å². The van der Waals surface area contributed by atoms with Crippen molar-refractivity contribution in [2.45, 2.75) is 57.9 Å². The van der Waals surface area contributed by atoms with E-state index in [0.29, 0.717) is 5.92 Å². The van der Waals surface area contributed by atoms with E-state index in [2.05, 4.69) is 19.2 Å². The molecule has 1 fully saturated rings. The number of carbonyl (C=O) groups is 1. The minimum Gasteiger partial charge on any atom is -0.353 e. The second kappa shape index (κ2) is 7.12. The lowest BCUT2D eigenvalue weighted by molar-refractivity contribution is -0.123. The van der Waals surface area contributed by atoms with Crippen LogP contribution in [0.5, 0.6) is 0 Å². The molecule has 3 heteroatoms. The number of unbranched alkanes of at least 4 members (excludes halogenated alkanes) is 2. The Morgan fingerprint density at radius 2 is 2.15 bits per heavy atom. The standard InChI is InChI=1S/C17H24ClNO/c1-3-4-5-8-12(2)19-17(20)15-11-14(15)13-9-6-7-10-16(13)18/h6-7,9-10,12,14-15H,3-5,8,11H2,1-2H3,(H,19,20). The van der Waals surface area contributed by atoms with Crippen molar-refractivity contribution in [1.82, 2.24) is 5.32 Å². The van der Waals surface area contributed by atoms with E-state index < -0.39 is 0 Å². The van der Waals surface area contributed by atoms with Gasteiger partial charge in [0.1, 0.15) is 0 Å². The van der Waals surface area contributed by atoms with Crippen molar-refractivity contribution in [3.8, 4) is 0 Å². The molecular formula is C17H24ClNO. The van der Waals surface area contributed by atoms with Crippen LogP contribution in [0.4, 0.5) is 0 Å². The summed E-state index contributed by atoms with van der Waals surface area (Å²) in [6, 6.07) is 8.13. The van der Waals surface area contributed by atoms with Gasteiger partial charge in [0, 0.05) is 17.0 Å². The van der Waals surface area contributed by atoms with Gasteiger partial charge in [-0.15, -0.1) is 0 Å². The number of hydrogen-bond donors (Lipinski definition) is 1. The molecule has 1 amide bonds. The maximum atomic E-state index is 12.2. The van der Waals surface area contributed by atoms with Gasteiger partial charge in [0.15, 0.2) is 0 Å². The zero-order valence-corrected chi connectivity index (χ0v) is 13.1. The second-order valence-corrected chi connectivity index (χ2v) is 6.28. The van der Waals surface area contributed by atoms with Gasteiger partial charge in [0.2, 0.25) is 5.91 Å². The lowest BCUT2D eigenvalue weighted by atomic mass is 10.1. The minimum absolute atomic E-state index is 0.114. The van der Waals surface area contributed by atoms with Crippen molar-refractivity contribution in [3.05, 3.63) is 34.9 Å². The first-order valence-corrected chi connectivity index (χ1v) is 8.06. The summed E-state index contributed by atoms with van der Waals surface area (Å²) in [5.41, 5.74) is 1.12. The van der Waals surface area contributed by atoms with E-state index in [-0.39, 0.29) is 17.9 Å². The summed E-state index contributed by atoms with van der Waals surface area (Å²) in [5, 5.41) is 3.92. The molecule has 0 radical (unpaired) electrons. The molecule has 20 heavy (non-hydrogen) atoms. The van der Waals surface area contributed by atoms with Crippen LogP contribution in [-0.2, 0) is 4.79 Å². The first kappa shape index (κ1) is 15.4. The Morgan fingerprint density at radius 3 is 2.85 bits per heavy atom. The molecule has 1 saturated carbocycles. The normalized spacial score (nSPS) is 22.4. The molecule has 0 aliphatic heterocycles. The number of rotatable bonds is 7. The molecule has 0 saturated heterocycles. The Kier molecular flexibility index (Phi) is 5.47. The third-order valence-electron chi connectivity index (χ3n) is 4.06. The van der Waals surface area contributed by atoms with Crippen LogP contribution in [0.2, 0.25) is 5.02 Å². The molecule has 3 atom stereocenters. The summed E-state index contributed by atoms with van der Waals surface area (Å²) in [7, 11) is 0. The third-order valence-corrected chi connectivity index (χ3v) is 4.41. The molecule has 0 bridgehead atoms. The van der Waals surface area contributed by atoms with Crippen LogP contribution >= 0.6 is 11.6 Å². The van der Waals surface area contributed by atoms with E-state index in [4.69, 9.17) is 11.6 Å². The van der Waals surface area contributed by atoms with E-state index in [1.54, 1.807) is 0 Å². The maximum absolute atomic E-state index is 12.2. The SMILES string of the molecule is CCCCCC(C)NC(=O)C1CC1c1ccccc1Cl. The molecule has 1 N–H and O–H groups in total. The Labute approximate surface area is 126 Å². The van der Waals surface area contributed by atoms with Crippen molar-refractivity contribution in [2.24, 2.45) is 5.92 Å². The van der Waals surface area contributed by atoms with Crippen LogP contribution in [-0.4, -0.2) is 11.9 Å². The van der Waals surface area contributed by atoms with Crippen LogP contribution in [0.1, 0.15) is 57.4 Å². The van der Waals surface area contributed by atoms with Crippen molar-refractivity contribution >= 4 is 17.5 Å². The fourth-order valence-corrected chi connectivity index (χ4v) is 3.00. The van der Waals surface area contributed by atoms with Gasteiger partial charge in [-0.1, -0.05) is 56.0 Å². The highest BCUT2D eigenvalue weighted by atomic mass is 35.5. The van der Waals surface area contributed by atoms with Crippen LogP contribution in [0.15, 0.2) is 24.3 Å². The van der Waals surface area contributed by atoms with Gasteiger partial charge in [-0.05, 0) is 37.3 Å².